The molecule has 8 nitrogen and oxygen atoms in total. The molecule has 1 aromatic carbocycles. The van der Waals surface area contributed by atoms with Gasteiger partial charge in [0.15, 0.2) is 0 Å². The first kappa shape index (κ1) is 26.4. The van der Waals surface area contributed by atoms with E-state index in [1.54, 1.807) is 0 Å². The van der Waals surface area contributed by atoms with Crippen molar-refractivity contribution >= 4 is 32.1 Å². The standard InChI is InChI=1S/C19H29F3N4O4S2/c1-12-6-13(10-18(2,3)9-12)25-32(29,30)17-8-16(31(27,28)24-11-26(4)5)14(7-15(17)23)19(20,21)22/h7-8,11-13,25H,6,9-10,23H2,1-5H3/b24-11+. The smallest absolute Gasteiger partial charge is 0.398 e. The van der Waals surface area contributed by atoms with Crippen LogP contribution in [0.15, 0.2) is 26.3 Å². The van der Waals surface area contributed by atoms with E-state index in [0.29, 0.717) is 25.0 Å². The first-order chi connectivity index (χ1) is 14.3. The maximum Gasteiger partial charge on any atom is 0.417 e. The van der Waals surface area contributed by atoms with Gasteiger partial charge in [-0.1, -0.05) is 20.8 Å². The Morgan fingerprint density at radius 2 is 1.75 bits per heavy atom. The molecule has 1 fully saturated rings. The largest absolute Gasteiger partial charge is 0.417 e. The minimum atomic E-state index is -5.09. The Balaban J connectivity index is 2.59. The summed E-state index contributed by atoms with van der Waals surface area (Å²) in [5.74, 6) is 0.229. The lowest BCUT2D eigenvalue weighted by Gasteiger charge is -2.39. The zero-order valence-electron chi connectivity index (χ0n) is 18.6. The highest BCUT2D eigenvalue weighted by atomic mass is 32.2. The minimum Gasteiger partial charge on any atom is -0.398 e. The van der Waals surface area contributed by atoms with Crippen molar-refractivity contribution in [3.05, 3.63) is 17.7 Å². The fraction of sp³-hybridized carbons (Fsp3) is 0.632. The molecule has 32 heavy (non-hydrogen) atoms. The second-order valence-electron chi connectivity index (χ2n) is 9.28. The van der Waals surface area contributed by atoms with E-state index in [0.717, 1.165) is 12.8 Å². The molecule has 1 aliphatic carbocycles. The Morgan fingerprint density at radius 3 is 2.25 bits per heavy atom. The topological polar surface area (TPSA) is 122 Å². The molecule has 2 unspecified atom stereocenters. The first-order valence-corrected chi connectivity index (χ1v) is 12.8. The zero-order chi connectivity index (χ0) is 24.7. The van der Waals surface area contributed by atoms with Crippen molar-refractivity contribution in [3.63, 3.8) is 0 Å². The van der Waals surface area contributed by atoms with Crippen LogP contribution in [0.5, 0.6) is 0 Å². The number of halogens is 3. The lowest BCUT2D eigenvalue weighted by molar-refractivity contribution is -0.139. The molecular formula is C19H29F3N4O4S2. The molecule has 0 spiro atoms. The van der Waals surface area contributed by atoms with E-state index < -0.39 is 53.3 Å². The van der Waals surface area contributed by atoms with E-state index in [-0.39, 0.29) is 11.3 Å². The fourth-order valence-corrected chi connectivity index (χ4v) is 6.79. The van der Waals surface area contributed by atoms with E-state index in [4.69, 9.17) is 5.73 Å². The number of nitrogens with zero attached hydrogens (tertiary/aromatic N) is 2. The zero-order valence-corrected chi connectivity index (χ0v) is 20.2. The molecule has 0 aliphatic heterocycles. The second-order valence-corrected chi connectivity index (χ2v) is 12.6. The first-order valence-electron chi connectivity index (χ1n) is 9.84. The molecule has 182 valence electrons. The highest BCUT2D eigenvalue weighted by Gasteiger charge is 2.40. The van der Waals surface area contributed by atoms with E-state index in [1.807, 2.05) is 20.8 Å². The maximum atomic E-state index is 13.5. The third-order valence-electron chi connectivity index (χ3n) is 5.11. The van der Waals surface area contributed by atoms with Crippen molar-refractivity contribution in [2.45, 2.75) is 62.0 Å². The third kappa shape index (κ3) is 6.35. The van der Waals surface area contributed by atoms with Crippen LogP contribution >= 0.6 is 0 Å². The van der Waals surface area contributed by atoms with Crippen LogP contribution in [-0.2, 0) is 26.2 Å². The van der Waals surface area contributed by atoms with Gasteiger partial charge >= 0.3 is 6.18 Å². The van der Waals surface area contributed by atoms with Crippen molar-refractivity contribution < 1.29 is 30.0 Å². The van der Waals surface area contributed by atoms with Gasteiger partial charge in [0.1, 0.15) is 16.1 Å². The Kier molecular flexibility index (Phi) is 7.28. The summed E-state index contributed by atoms with van der Waals surface area (Å²) in [6.45, 7) is 6.00. The van der Waals surface area contributed by atoms with Crippen LogP contribution in [0, 0.1) is 11.3 Å². The summed E-state index contributed by atoms with van der Waals surface area (Å²) in [5, 5.41) is 0. The van der Waals surface area contributed by atoms with Crippen molar-refractivity contribution in [2.75, 3.05) is 19.8 Å². The van der Waals surface area contributed by atoms with Crippen LogP contribution in [0.1, 0.15) is 45.6 Å². The summed E-state index contributed by atoms with van der Waals surface area (Å²) in [7, 11) is -6.42. The Labute approximate surface area is 187 Å². The van der Waals surface area contributed by atoms with Gasteiger partial charge in [0.05, 0.1) is 11.3 Å². The molecule has 3 N–H and O–H groups in total. The number of sulfonamides is 2. The van der Waals surface area contributed by atoms with Gasteiger partial charge in [-0.3, -0.25) is 0 Å². The van der Waals surface area contributed by atoms with Crippen LogP contribution in [0.25, 0.3) is 0 Å². The van der Waals surface area contributed by atoms with Crippen LogP contribution < -0.4 is 10.5 Å². The van der Waals surface area contributed by atoms with E-state index in [1.165, 1.54) is 19.0 Å². The van der Waals surface area contributed by atoms with Crippen LogP contribution in [0.2, 0.25) is 0 Å². The summed E-state index contributed by atoms with van der Waals surface area (Å²) in [6.07, 6.45) is -2.32. The number of nitrogen functional groups attached to an aromatic ring is 1. The quantitative estimate of drug-likeness (QED) is 0.353. The Hall–Kier alpha value is -1.86. The van der Waals surface area contributed by atoms with Gasteiger partial charge < -0.3 is 10.6 Å². The number of nitrogens with two attached hydrogens (primary N) is 1. The van der Waals surface area contributed by atoms with Crippen LogP contribution in [-0.4, -0.2) is 48.2 Å². The molecule has 0 bridgehead atoms. The van der Waals surface area contributed by atoms with Gasteiger partial charge in [-0.15, -0.1) is 4.40 Å². The van der Waals surface area contributed by atoms with Crippen molar-refractivity contribution in [3.8, 4) is 0 Å². The maximum absolute atomic E-state index is 13.5. The molecule has 2 rings (SSSR count). The lowest BCUT2D eigenvalue weighted by Crippen LogP contribution is -2.43. The fourth-order valence-electron chi connectivity index (χ4n) is 4.18. The monoisotopic (exact) mass is 498 g/mol. The van der Waals surface area contributed by atoms with Gasteiger partial charge in [-0.05, 0) is 42.7 Å². The van der Waals surface area contributed by atoms with Gasteiger partial charge in [0, 0.05) is 20.1 Å². The summed E-state index contributed by atoms with van der Waals surface area (Å²) >= 11 is 0. The molecule has 1 aromatic rings. The molecular weight excluding hydrogens is 469 g/mol. The molecule has 13 heteroatoms. The average molecular weight is 499 g/mol. The van der Waals surface area contributed by atoms with Gasteiger partial charge in [-0.25, -0.2) is 13.1 Å². The summed E-state index contributed by atoms with van der Waals surface area (Å²) in [4.78, 5) is -0.803. The summed E-state index contributed by atoms with van der Waals surface area (Å²) < 4.78 is 97.5. The average Bonchev–Trinajstić information content (AvgIpc) is 2.56. The second kappa shape index (κ2) is 8.82. The predicted molar refractivity (Wildman–Crippen MR) is 116 cm³/mol. The molecule has 0 saturated heterocycles. The number of benzene rings is 1. The van der Waals surface area contributed by atoms with E-state index in [9.17, 15) is 30.0 Å². The molecule has 0 radical (unpaired) electrons. The van der Waals surface area contributed by atoms with Crippen LogP contribution in [0.3, 0.4) is 0 Å². The number of anilines is 1. The van der Waals surface area contributed by atoms with Gasteiger partial charge in [0.2, 0.25) is 10.0 Å². The number of alkyl halides is 3. The van der Waals surface area contributed by atoms with Crippen LogP contribution in [0.4, 0.5) is 18.9 Å². The highest BCUT2D eigenvalue weighted by Crippen LogP contribution is 2.41. The number of hydrogen-bond donors (Lipinski definition) is 2. The van der Waals surface area contributed by atoms with Crippen molar-refractivity contribution in [1.29, 1.82) is 0 Å². The molecule has 1 saturated carbocycles. The molecule has 1 aliphatic rings. The number of nitrogens with one attached hydrogen (secondary N) is 1. The molecule has 0 heterocycles. The SMILES string of the molecule is CC1CC(NS(=O)(=O)c2cc(S(=O)(=O)/N=C/N(C)C)c(C(F)(F)F)cc2N)CC(C)(C)C1. The van der Waals surface area contributed by atoms with Gasteiger partial charge in [-0.2, -0.15) is 21.6 Å². The van der Waals surface area contributed by atoms with E-state index in [2.05, 4.69) is 9.12 Å². The normalized spacial score (nSPS) is 22.2. The number of hydrogen-bond acceptors (Lipinski definition) is 5. The Morgan fingerprint density at radius 1 is 1.16 bits per heavy atom. The third-order valence-corrected chi connectivity index (χ3v) is 7.95. The Bertz CT molecular complexity index is 1100. The lowest BCUT2D eigenvalue weighted by atomic mass is 9.71. The molecule has 0 amide bonds. The van der Waals surface area contributed by atoms with Gasteiger partial charge in [0.25, 0.3) is 10.0 Å². The number of rotatable bonds is 6. The molecule has 0 aromatic heterocycles. The van der Waals surface area contributed by atoms with Crippen molar-refractivity contribution in [2.24, 2.45) is 15.7 Å². The summed E-state index contributed by atoms with van der Waals surface area (Å²) in [5.41, 5.74) is 3.24. The van der Waals surface area contributed by atoms with Crippen molar-refractivity contribution in [1.82, 2.24) is 9.62 Å². The minimum absolute atomic E-state index is 0.133. The van der Waals surface area contributed by atoms with E-state index >= 15 is 0 Å². The highest BCUT2D eigenvalue weighted by molar-refractivity contribution is 7.91. The summed E-state index contributed by atoms with van der Waals surface area (Å²) in [6, 6.07) is 0.285. The predicted octanol–water partition coefficient (Wildman–Crippen LogP) is 3.06. The molecule has 2 atom stereocenters.